The van der Waals surface area contributed by atoms with Crippen LogP contribution in [0.4, 0.5) is 0 Å². The van der Waals surface area contributed by atoms with Crippen LogP contribution in [0.5, 0.6) is 0 Å². The maximum Gasteiger partial charge on any atom is 0.181 e. The van der Waals surface area contributed by atoms with E-state index in [0.29, 0.717) is 22.4 Å². The lowest BCUT2D eigenvalue weighted by molar-refractivity contribution is 0.0339. The number of fused-ring (bicyclic) bond motifs is 4. The first-order valence-electron chi connectivity index (χ1n) is 11.6. The Morgan fingerprint density at radius 2 is 1.78 bits per heavy atom. The zero-order valence-corrected chi connectivity index (χ0v) is 18.9. The van der Waals surface area contributed by atoms with Crippen LogP contribution in [0.3, 0.4) is 0 Å². The minimum Gasteiger partial charge on any atom is -0.272 e. The lowest BCUT2D eigenvalue weighted by atomic mass is 9.58. The summed E-state index contributed by atoms with van der Waals surface area (Å²) < 4.78 is 0. The van der Waals surface area contributed by atoms with Crippen molar-refractivity contribution in [1.82, 2.24) is 25.1 Å². The lowest BCUT2D eigenvalue weighted by Gasteiger charge is -2.47. The van der Waals surface area contributed by atoms with Gasteiger partial charge in [0.05, 0.1) is 16.1 Å². The number of nitrogens with zero attached hydrogens (tertiary/aromatic N) is 4. The Kier molecular flexibility index (Phi) is 4.94. The Hall–Kier alpha value is -2.79. The molecule has 7 rings (SSSR count). The largest absolute Gasteiger partial charge is 0.272 e. The fourth-order valence-corrected chi connectivity index (χ4v) is 6.15. The quantitative estimate of drug-likeness (QED) is 0.399. The smallest absolute Gasteiger partial charge is 0.181 e. The number of aromatic amines is 1. The highest BCUT2D eigenvalue weighted by Crippen LogP contribution is 2.49. The highest BCUT2D eigenvalue weighted by atomic mass is 35.5. The van der Waals surface area contributed by atoms with Gasteiger partial charge in [-0.05, 0) is 67.9 Å². The van der Waals surface area contributed by atoms with Gasteiger partial charge in [-0.3, -0.25) is 5.10 Å². The standard InChI is InChI=1S/C26H26ClN5/c1-15-16-7-9-17(10-8-16)21(15)12-20-13-23(18-5-3-2-4-6-18)30-26(29-20)24-22-11-19(27)14-28-25(22)32-31-24/h2-6,11,13-17,21H,7-10,12H2,1H3,(H,28,31,32). The first-order chi connectivity index (χ1) is 15.7. The summed E-state index contributed by atoms with van der Waals surface area (Å²) in [7, 11) is 0. The molecular weight excluding hydrogens is 418 g/mol. The Balaban J connectivity index is 1.45. The molecule has 0 saturated heterocycles. The van der Waals surface area contributed by atoms with Crippen molar-refractivity contribution in [2.75, 3.05) is 0 Å². The van der Waals surface area contributed by atoms with Crippen LogP contribution in [0.2, 0.25) is 5.02 Å². The summed E-state index contributed by atoms with van der Waals surface area (Å²) >= 11 is 6.23. The van der Waals surface area contributed by atoms with Crippen LogP contribution in [0.25, 0.3) is 33.8 Å². The van der Waals surface area contributed by atoms with Crippen LogP contribution in [0.15, 0.2) is 48.7 Å². The van der Waals surface area contributed by atoms with E-state index in [1.54, 1.807) is 6.20 Å². The number of hydrogen-bond acceptors (Lipinski definition) is 4. The van der Waals surface area contributed by atoms with Crippen LogP contribution in [0.1, 0.15) is 38.3 Å². The molecule has 0 spiro atoms. The van der Waals surface area contributed by atoms with E-state index in [1.165, 1.54) is 25.7 Å². The van der Waals surface area contributed by atoms with Gasteiger partial charge in [-0.1, -0.05) is 48.9 Å². The van der Waals surface area contributed by atoms with Crippen LogP contribution in [0, 0.1) is 23.7 Å². The molecule has 32 heavy (non-hydrogen) atoms. The van der Waals surface area contributed by atoms with Gasteiger partial charge in [-0.15, -0.1) is 0 Å². The zero-order valence-electron chi connectivity index (χ0n) is 18.1. The van der Waals surface area contributed by atoms with Crippen molar-refractivity contribution >= 4 is 22.6 Å². The molecule has 5 nitrogen and oxygen atoms in total. The van der Waals surface area contributed by atoms with E-state index in [4.69, 9.17) is 21.6 Å². The molecule has 3 saturated carbocycles. The third kappa shape index (κ3) is 3.49. The Morgan fingerprint density at radius 1 is 1.00 bits per heavy atom. The molecule has 3 aliphatic rings. The normalized spacial score (nSPS) is 24.8. The predicted molar refractivity (Wildman–Crippen MR) is 127 cm³/mol. The fraction of sp³-hybridized carbons (Fsp3) is 0.385. The summed E-state index contributed by atoms with van der Waals surface area (Å²) in [5, 5.41) is 8.88. The van der Waals surface area contributed by atoms with Gasteiger partial charge in [0.2, 0.25) is 0 Å². The van der Waals surface area contributed by atoms with Gasteiger partial charge >= 0.3 is 0 Å². The average Bonchev–Trinajstić information content (AvgIpc) is 3.25. The van der Waals surface area contributed by atoms with E-state index in [1.807, 2.05) is 24.3 Å². The number of hydrogen-bond donors (Lipinski definition) is 1. The molecule has 1 aromatic carbocycles. The molecule has 0 amide bonds. The number of halogens is 1. The number of nitrogens with one attached hydrogen (secondary N) is 1. The molecule has 4 aromatic rings. The van der Waals surface area contributed by atoms with E-state index in [9.17, 15) is 0 Å². The summed E-state index contributed by atoms with van der Waals surface area (Å²) in [6.45, 7) is 2.46. The van der Waals surface area contributed by atoms with Crippen LogP contribution >= 0.6 is 11.6 Å². The van der Waals surface area contributed by atoms with Crippen LogP contribution < -0.4 is 0 Å². The number of aromatic nitrogens is 5. The van der Waals surface area contributed by atoms with E-state index in [0.717, 1.165) is 52.2 Å². The number of rotatable bonds is 4. The fourth-order valence-electron chi connectivity index (χ4n) is 5.99. The average molecular weight is 444 g/mol. The monoisotopic (exact) mass is 443 g/mol. The number of benzene rings is 1. The molecule has 0 aliphatic heterocycles. The summed E-state index contributed by atoms with van der Waals surface area (Å²) in [6, 6.07) is 14.4. The van der Waals surface area contributed by atoms with E-state index in [-0.39, 0.29) is 0 Å². The van der Waals surface area contributed by atoms with Crippen molar-refractivity contribution in [3.05, 3.63) is 59.4 Å². The Labute approximate surface area is 192 Å². The van der Waals surface area contributed by atoms with Crippen molar-refractivity contribution < 1.29 is 0 Å². The van der Waals surface area contributed by atoms with Crippen LogP contribution in [-0.2, 0) is 6.42 Å². The molecule has 162 valence electrons. The predicted octanol–water partition coefficient (Wildman–Crippen LogP) is 6.35. The highest BCUT2D eigenvalue weighted by Gasteiger charge is 2.41. The molecule has 0 radical (unpaired) electrons. The van der Waals surface area contributed by atoms with E-state index < -0.39 is 0 Å². The first kappa shape index (κ1) is 19.9. The first-order valence-corrected chi connectivity index (χ1v) is 12.0. The summed E-state index contributed by atoms with van der Waals surface area (Å²) in [5.41, 5.74) is 4.54. The van der Waals surface area contributed by atoms with Gasteiger partial charge in [0, 0.05) is 17.5 Å². The molecule has 3 fully saturated rings. The molecule has 2 bridgehead atoms. The second kappa shape index (κ2) is 7.96. The van der Waals surface area contributed by atoms with Gasteiger partial charge in [-0.2, -0.15) is 5.10 Å². The molecule has 2 atom stereocenters. The summed E-state index contributed by atoms with van der Waals surface area (Å²) in [4.78, 5) is 14.3. The maximum atomic E-state index is 6.23. The highest BCUT2D eigenvalue weighted by molar-refractivity contribution is 6.31. The van der Waals surface area contributed by atoms with E-state index >= 15 is 0 Å². The van der Waals surface area contributed by atoms with Crippen LogP contribution in [-0.4, -0.2) is 25.1 Å². The minimum absolute atomic E-state index is 0.576. The van der Waals surface area contributed by atoms with Crippen molar-refractivity contribution in [2.45, 2.75) is 39.0 Å². The van der Waals surface area contributed by atoms with Crippen molar-refractivity contribution in [3.63, 3.8) is 0 Å². The summed E-state index contributed by atoms with van der Waals surface area (Å²) in [5.74, 6) is 3.82. The minimum atomic E-state index is 0.576. The van der Waals surface area contributed by atoms with E-state index in [2.05, 4.69) is 40.3 Å². The molecule has 2 unspecified atom stereocenters. The summed E-state index contributed by atoms with van der Waals surface area (Å²) in [6.07, 6.45) is 8.17. The zero-order chi connectivity index (χ0) is 21.7. The topological polar surface area (TPSA) is 67.3 Å². The van der Waals surface area contributed by atoms with Gasteiger partial charge in [-0.25, -0.2) is 15.0 Å². The molecular formula is C26H26ClN5. The Bertz CT molecular complexity index is 1260. The second-order valence-electron chi connectivity index (χ2n) is 9.46. The third-order valence-electron chi connectivity index (χ3n) is 7.73. The lowest BCUT2D eigenvalue weighted by Crippen LogP contribution is -2.39. The molecule has 6 heteroatoms. The molecule has 3 aliphatic carbocycles. The molecule has 3 heterocycles. The van der Waals surface area contributed by atoms with Gasteiger partial charge in [0.15, 0.2) is 11.5 Å². The Morgan fingerprint density at radius 3 is 2.56 bits per heavy atom. The molecule has 1 N–H and O–H groups in total. The van der Waals surface area contributed by atoms with Crippen molar-refractivity contribution in [1.29, 1.82) is 0 Å². The van der Waals surface area contributed by atoms with Gasteiger partial charge < -0.3 is 0 Å². The van der Waals surface area contributed by atoms with Crippen molar-refractivity contribution in [3.8, 4) is 22.8 Å². The number of H-pyrrole nitrogens is 1. The third-order valence-corrected chi connectivity index (χ3v) is 7.94. The maximum absolute atomic E-state index is 6.23. The SMILES string of the molecule is CC1C2CCC(CC2)C1Cc1cc(-c2ccccc2)nc(-c2[nH]nc3ncc(Cl)cc23)n1. The molecule has 3 aromatic heterocycles. The van der Waals surface area contributed by atoms with Gasteiger partial charge in [0.25, 0.3) is 0 Å². The van der Waals surface area contributed by atoms with Crippen molar-refractivity contribution in [2.24, 2.45) is 23.7 Å². The number of pyridine rings is 1. The second-order valence-corrected chi connectivity index (χ2v) is 9.90. The van der Waals surface area contributed by atoms with Gasteiger partial charge in [0.1, 0.15) is 5.69 Å².